The van der Waals surface area contributed by atoms with E-state index in [4.69, 9.17) is 0 Å². The molecule has 27 heavy (non-hydrogen) atoms. The van der Waals surface area contributed by atoms with Crippen molar-refractivity contribution in [3.63, 3.8) is 0 Å². The molecule has 1 aliphatic rings. The zero-order valence-corrected chi connectivity index (χ0v) is 16.8. The zero-order valence-electron chi connectivity index (χ0n) is 16.0. The van der Waals surface area contributed by atoms with Crippen molar-refractivity contribution in [1.82, 2.24) is 8.87 Å². The number of aromatic nitrogens is 1. The van der Waals surface area contributed by atoms with E-state index in [-0.39, 0.29) is 16.6 Å². The van der Waals surface area contributed by atoms with Crippen molar-refractivity contribution in [2.45, 2.75) is 31.1 Å². The van der Waals surface area contributed by atoms with Gasteiger partial charge in [-0.25, -0.2) is 16.8 Å². The average molecular weight is 386 g/mol. The number of rotatable bonds is 4. The minimum Gasteiger partial charge on any atom is -0.309 e. The van der Waals surface area contributed by atoms with E-state index in [9.17, 15) is 12.8 Å². The van der Waals surface area contributed by atoms with Gasteiger partial charge in [0.2, 0.25) is 0 Å². The third-order valence-electron chi connectivity index (χ3n) is 5.24. The van der Waals surface area contributed by atoms with Crippen LogP contribution in [0.3, 0.4) is 0 Å². The number of hydrogen-bond donors (Lipinski definition) is 0. The lowest BCUT2D eigenvalue weighted by Crippen LogP contribution is -2.17. The molecule has 1 aliphatic heterocycles. The molecule has 0 unspecified atom stereocenters. The summed E-state index contributed by atoms with van der Waals surface area (Å²) in [5.41, 5.74) is 3.71. The molecule has 0 amide bonds. The van der Waals surface area contributed by atoms with Gasteiger partial charge in [0.05, 0.1) is 10.4 Å². The van der Waals surface area contributed by atoms with Crippen LogP contribution in [0.5, 0.6) is 0 Å². The van der Waals surface area contributed by atoms with Crippen LogP contribution < -0.4 is 0 Å². The first-order valence-electron chi connectivity index (χ1n) is 9.08. The smallest absolute Gasteiger partial charge is 0.268 e. The molecule has 6 heteroatoms. The molecular formula is C21H23FN2O2S. The highest BCUT2D eigenvalue weighted by molar-refractivity contribution is 7.90. The molecule has 3 aromatic rings. The van der Waals surface area contributed by atoms with E-state index in [2.05, 4.69) is 13.8 Å². The maximum atomic E-state index is 14.5. The molecule has 0 aliphatic carbocycles. The van der Waals surface area contributed by atoms with Gasteiger partial charge in [-0.15, -0.1) is 0 Å². The fourth-order valence-corrected chi connectivity index (χ4v) is 5.35. The van der Waals surface area contributed by atoms with Crippen molar-refractivity contribution in [3.8, 4) is 11.1 Å². The molecule has 4 rings (SSSR count). The van der Waals surface area contributed by atoms with Crippen molar-refractivity contribution < 1.29 is 12.8 Å². The Hall–Kier alpha value is -2.18. The summed E-state index contributed by atoms with van der Waals surface area (Å²) >= 11 is 0. The van der Waals surface area contributed by atoms with Crippen molar-refractivity contribution >= 4 is 20.9 Å². The predicted molar refractivity (Wildman–Crippen MR) is 106 cm³/mol. The van der Waals surface area contributed by atoms with Gasteiger partial charge in [0, 0.05) is 29.3 Å². The van der Waals surface area contributed by atoms with Gasteiger partial charge in [0.25, 0.3) is 10.0 Å². The summed E-state index contributed by atoms with van der Waals surface area (Å²) in [5.74, 6) is -0.0898. The van der Waals surface area contributed by atoms with E-state index in [1.807, 2.05) is 31.1 Å². The van der Waals surface area contributed by atoms with E-state index in [0.717, 1.165) is 17.7 Å². The number of nitrogens with zero attached hydrogens (tertiary/aromatic N) is 2. The van der Waals surface area contributed by atoms with Crippen molar-refractivity contribution in [1.29, 1.82) is 0 Å². The molecule has 0 radical (unpaired) electrons. The van der Waals surface area contributed by atoms with Crippen LogP contribution in [-0.4, -0.2) is 37.9 Å². The summed E-state index contributed by atoms with van der Waals surface area (Å²) in [4.78, 5) is 2.27. The molecule has 2 heterocycles. The van der Waals surface area contributed by atoms with Crippen molar-refractivity contribution in [2.75, 3.05) is 20.6 Å². The summed E-state index contributed by atoms with van der Waals surface area (Å²) in [6.07, 6.45) is 2.31. The normalized spacial score (nSPS) is 14.9. The van der Waals surface area contributed by atoms with Crippen LogP contribution in [0.15, 0.2) is 41.4 Å². The largest absolute Gasteiger partial charge is 0.309 e. The Balaban J connectivity index is 2.06. The van der Waals surface area contributed by atoms with Crippen molar-refractivity contribution in [2.24, 2.45) is 0 Å². The topological polar surface area (TPSA) is 42.3 Å². The Kier molecular flexibility index (Phi) is 4.16. The highest BCUT2D eigenvalue weighted by Gasteiger charge is 2.32. The molecule has 1 aromatic heterocycles. The number of benzene rings is 2. The van der Waals surface area contributed by atoms with Crippen LogP contribution in [0.1, 0.15) is 30.9 Å². The lowest BCUT2D eigenvalue weighted by molar-refractivity contribution is 0.414. The standard InChI is InChI=1S/C21H23FN2O2S/c1-13(2)14-5-6-20-18(9-14)19-11-16(22)10-17-15(7-8-23(3)4)12-24(21(17)19)27(20,25)26/h5-6,9-13H,7-8H2,1-4H3. The summed E-state index contributed by atoms with van der Waals surface area (Å²) < 4.78 is 42.3. The number of likely N-dealkylation sites (N-methyl/N-ethyl adjacent to an activating group) is 1. The Morgan fingerprint density at radius 2 is 1.85 bits per heavy atom. The first kappa shape index (κ1) is 18.2. The number of halogens is 1. The van der Waals surface area contributed by atoms with Gasteiger partial charge in [-0.05, 0) is 61.8 Å². The van der Waals surface area contributed by atoms with Crippen LogP contribution >= 0.6 is 0 Å². The Labute approximate surface area is 159 Å². The van der Waals surface area contributed by atoms with Crippen LogP contribution in [-0.2, 0) is 16.4 Å². The third kappa shape index (κ3) is 2.78. The molecule has 0 saturated heterocycles. The molecule has 0 atom stereocenters. The SMILES string of the molecule is CC(C)c1ccc2c(c1)-c1cc(F)cc3c(CCN(C)C)cn(c13)S2(=O)=O. The second-order valence-electron chi connectivity index (χ2n) is 7.77. The lowest BCUT2D eigenvalue weighted by Gasteiger charge is -2.21. The van der Waals surface area contributed by atoms with E-state index < -0.39 is 10.0 Å². The average Bonchev–Trinajstić information content (AvgIpc) is 2.97. The minimum atomic E-state index is -3.70. The Morgan fingerprint density at radius 1 is 1.11 bits per heavy atom. The summed E-state index contributed by atoms with van der Waals surface area (Å²) in [6, 6.07) is 8.29. The lowest BCUT2D eigenvalue weighted by atomic mass is 9.95. The maximum absolute atomic E-state index is 14.5. The summed E-state index contributed by atoms with van der Waals surface area (Å²) in [5, 5.41) is 0.677. The molecular weight excluding hydrogens is 363 g/mol. The molecule has 0 saturated carbocycles. The second kappa shape index (κ2) is 6.17. The Bertz CT molecular complexity index is 1160. The molecule has 0 N–H and O–H groups in total. The van der Waals surface area contributed by atoms with Gasteiger partial charge in [0.1, 0.15) is 5.82 Å². The summed E-state index contributed by atoms with van der Waals surface area (Å²) in [7, 11) is 0.223. The van der Waals surface area contributed by atoms with E-state index in [1.54, 1.807) is 12.3 Å². The molecule has 0 spiro atoms. The van der Waals surface area contributed by atoms with Gasteiger partial charge < -0.3 is 4.90 Å². The van der Waals surface area contributed by atoms with Gasteiger partial charge >= 0.3 is 0 Å². The van der Waals surface area contributed by atoms with Crippen LogP contribution in [0, 0.1) is 5.82 Å². The molecule has 142 valence electrons. The van der Waals surface area contributed by atoms with E-state index >= 15 is 0 Å². The molecule has 0 fully saturated rings. The van der Waals surface area contributed by atoms with E-state index in [1.165, 1.54) is 16.1 Å². The maximum Gasteiger partial charge on any atom is 0.268 e. The van der Waals surface area contributed by atoms with Crippen LogP contribution in [0.4, 0.5) is 4.39 Å². The van der Waals surface area contributed by atoms with Gasteiger partial charge in [-0.2, -0.15) is 0 Å². The summed E-state index contributed by atoms with van der Waals surface area (Å²) in [6.45, 7) is 4.87. The minimum absolute atomic E-state index is 0.237. The molecule has 0 bridgehead atoms. The fourth-order valence-electron chi connectivity index (χ4n) is 3.74. The number of hydrogen-bond acceptors (Lipinski definition) is 3. The van der Waals surface area contributed by atoms with Gasteiger partial charge in [0.15, 0.2) is 0 Å². The quantitative estimate of drug-likeness (QED) is 0.527. The van der Waals surface area contributed by atoms with Crippen LogP contribution in [0.25, 0.3) is 22.0 Å². The highest BCUT2D eigenvalue weighted by Crippen LogP contribution is 2.43. The predicted octanol–water partition coefficient (Wildman–Crippen LogP) is 4.23. The van der Waals surface area contributed by atoms with Gasteiger partial charge in [-0.1, -0.05) is 19.9 Å². The van der Waals surface area contributed by atoms with Crippen LogP contribution in [0.2, 0.25) is 0 Å². The first-order valence-corrected chi connectivity index (χ1v) is 10.5. The molecule has 2 aromatic carbocycles. The number of fused-ring (bicyclic) bond motifs is 2. The zero-order chi connectivity index (χ0) is 19.5. The van der Waals surface area contributed by atoms with Crippen molar-refractivity contribution in [3.05, 3.63) is 53.5 Å². The molecule has 4 nitrogen and oxygen atoms in total. The fraction of sp³-hybridized carbons (Fsp3) is 0.333. The monoisotopic (exact) mass is 386 g/mol. The first-order chi connectivity index (χ1) is 12.7. The van der Waals surface area contributed by atoms with Gasteiger partial charge in [-0.3, -0.25) is 0 Å². The highest BCUT2D eigenvalue weighted by atomic mass is 32.2. The van der Waals surface area contributed by atoms with E-state index in [0.29, 0.717) is 28.5 Å². The second-order valence-corrected chi connectivity index (χ2v) is 9.55. The third-order valence-corrected chi connectivity index (χ3v) is 6.96. The Morgan fingerprint density at radius 3 is 2.52 bits per heavy atom.